The zero-order chi connectivity index (χ0) is 32.0. The Kier molecular flexibility index (Phi) is 13.1. The maximum Gasteiger partial charge on any atom is 0.320 e. The summed E-state index contributed by atoms with van der Waals surface area (Å²) in [7, 11) is 0. The van der Waals surface area contributed by atoms with E-state index in [1.807, 2.05) is 54.6 Å². The number of carboxylic acids is 3. The van der Waals surface area contributed by atoms with Gasteiger partial charge in [-0.05, 0) is 86.6 Å². The predicted octanol–water partition coefficient (Wildman–Crippen LogP) is 4.02. The van der Waals surface area contributed by atoms with Crippen LogP contribution < -0.4 is 16.0 Å². The molecular formula is C36H45N3O6. The van der Waals surface area contributed by atoms with Gasteiger partial charge < -0.3 is 31.3 Å². The molecule has 9 heteroatoms. The molecule has 3 aliphatic heterocycles. The summed E-state index contributed by atoms with van der Waals surface area (Å²) >= 11 is 0. The van der Waals surface area contributed by atoms with Gasteiger partial charge in [0.05, 0.1) is 0 Å². The Morgan fingerprint density at radius 2 is 1.13 bits per heavy atom. The molecule has 0 bridgehead atoms. The summed E-state index contributed by atoms with van der Waals surface area (Å²) in [5.74, 6) is -1.51. The first-order chi connectivity index (χ1) is 21.8. The molecule has 3 heterocycles. The molecule has 3 aliphatic rings. The largest absolute Gasteiger partial charge is 0.480 e. The van der Waals surface area contributed by atoms with Crippen molar-refractivity contribution in [1.29, 1.82) is 0 Å². The Labute approximate surface area is 265 Å². The summed E-state index contributed by atoms with van der Waals surface area (Å²) in [4.78, 5) is 32.4. The van der Waals surface area contributed by atoms with Crippen LogP contribution in [0.3, 0.4) is 0 Å². The van der Waals surface area contributed by atoms with Crippen LogP contribution in [0.4, 0.5) is 0 Å². The lowest BCUT2D eigenvalue weighted by atomic mass is 9.93. The van der Waals surface area contributed by atoms with Gasteiger partial charge in [0.25, 0.3) is 0 Å². The Morgan fingerprint density at radius 1 is 0.600 bits per heavy atom. The molecular weight excluding hydrogens is 570 g/mol. The predicted molar refractivity (Wildman–Crippen MR) is 173 cm³/mol. The van der Waals surface area contributed by atoms with Gasteiger partial charge >= 0.3 is 17.9 Å². The van der Waals surface area contributed by atoms with Crippen molar-refractivity contribution < 1.29 is 29.7 Å². The summed E-state index contributed by atoms with van der Waals surface area (Å²) in [6.07, 6.45) is 6.13. The van der Waals surface area contributed by atoms with E-state index in [9.17, 15) is 14.4 Å². The molecule has 9 nitrogen and oxygen atoms in total. The second-order valence-electron chi connectivity index (χ2n) is 12.1. The van der Waals surface area contributed by atoms with Crippen LogP contribution in [-0.4, -0.2) is 70.5 Å². The highest BCUT2D eigenvalue weighted by Crippen LogP contribution is 2.21. The van der Waals surface area contributed by atoms with Crippen LogP contribution in [0, 0.1) is 11.8 Å². The Bertz CT molecular complexity index is 1270. The fourth-order valence-corrected chi connectivity index (χ4v) is 6.36. The highest BCUT2D eigenvalue weighted by Gasteiger charge is 2.32. The van der Waals surface area contributed by atoms with E-state index in [4.69, 9.17) is 15.3 Å². The highest BCUT2D eigenvalue weighted by molar-refractivity contribution is 5.74. The number of hydrogen-bond acceptors (Lipinski definition) is 6. The number of rotatable bonds is 9. The molecule has 0 spiro atoms. The number of benzene rings is 3. The summed E-state index contributed by atoms with van der Waals surface area (Å²) < 4.78 is 0. The minimum absolute atomic E-state index is 0.227. The van der Waals surface area contributed by atoms with Crippen molar-refractivity contribution in [2.24, 2.45) is 11.8 Å². The lowest BCUT2D eigenvalue weighted by Crippen LogP contribution is -2.36. The van der Waals surface area contributed by atoms with Crippen LogP contribution in [0.25, 0.3) is 0 Å². The number of carbonyl (C=O) groups is 3. The van der Waals surface area contributed by atoms with Gasteiger partial charge in [-0.15, -0.1) is 0 Å². The van der Waals surface area contributed by atoms with E-state index in [1.165, 1.54) is 16.7 Å². The number of hydrogen-bond donors (Lipinski definition) is 6. The molecule has 0 amide bonds. The average molecular weight is 616 g/mol. The molecule has 0 aliphatic carbocycles. The van der Waals surface area contributed by atoms with Gasteiger partial charge in [-0.1, -0.05) is 91.0 Å². The van der Waals surface area contributed by atoms with Crippen molar-refractivity contribution in [2.45, 2.75) is 69.1 Å². The molecule has 3 saturated heterocycles. The molecule has 45 heavy (non-hydrogen) atoms. The van der Waals surface area contributed by atoms with Crippen LogP contribution in [-0.2, 0) is 33.6 Å². The molecule has 0 aromatic heterocycles. The summed E-state index contributed by atoms with van der Waals surface area (Å²) in [6, 6.07) is 29.7. The van der Waals surface area contributed by atoms with E-state index in [-0.39, 0.29) is 24.0 Å². The first kappa shape index (κ1) is 33.8. The van der Waals surface area contributed by atoms with Gasteiger partial charge in [-0.2, -0.15) is 0 Å². The van der Waals surface area contributed by atoms with Gasteiger partial charge in [-0.3, -0.25) is 14.4 Å². The lowest BCUT2D eigenvalue weighted by Gasteiger charge is -2.15. The van der Waals surface area contributed by atoms with Crippen molar-refractivity contribution >= 4 is 17.9 Å². The lowest BCUT2D eigenvalue weighted by molar-refractivity contribution is -0.140. The minimum atomic E-state index is -0.731. The maximum atomic E-state index is 10.9. The van der Waals surface area contributed by atoms with Gasteiger partial charge in [0, 0.05) is 6.04 Å². The number of carboxylic acid groups (broad SMARTS) is 3. The maximum absolute atomic E-state index is 10.9. The van der Waals surface area contributed by atoms with Crippen molar-refractivity contribution in [2.75, 3.05) is 13.1 Å². The van der Waals surface area contributed by atoms with Crippen molar-refractivity contribution in [3.05, 3.63) is 108 Å². The monoisotopic (exact) mass is 615 g/mol. The second-order valence-corrected chi connectivity index (χ2v) is 12.1. The van der Waals surface area contributed by atoms with Crippen LogP contribution >= 0.6 is 0 Å². The van der Waals surface area contributed by atoms with Crippen LogP contribution in [0.5, 0.6) is 0 Å². The normalized spacial score (nSPS) is 25.3. The molecule has 6 atom stereocenters. The molecule has 3 fully saturated rings. The molecule has 6 N–H and O–H groups in total. The summed E-state index contributed by atoms with van der Waals surface area (Å²) in [5.41, 5.74) is 3.77. The van der Waals surface area contributed by atoms with Gasteiger partial charge in [0.2, 0.25) is 0 Å². The quantitative estimate of drug-likeness (QED) is 0.210. The number of nitrogens with one attached hydrogen (secondary N) is 3. The first-order valence-electron chi connectivity index (χ1n) is 15.8. The van der Waals surface area contributed by atoms with Gasteiger partial charge in [-0.25, -0.2) is 0 Å². The average Bonchev–Trinajstić information content (AvgIpc) is 3.82. The third-order valence-corrected chi connectivity index (χ3v) is 8.71. The SMILES string of the molecule is O=C(O)C1CC(Cc2ccccc2)CN1.O=C(O)C1CCC(Cc2ccccc2)N1.O=C(O)C1NCCC1Cc1ccccc1. The molecule has 6 unspecified atom stereocenters. The smallest absolute Gasteiger partial charge is 0.320 e. The minimum Gasteiger partial charge on any atom is -0.480 e. The molecule has 0 saturated carbocycles. The third-order valence-electron chi connectivity index (χ3n) is 8.71. The Morgan fingerprint density at radius 3 is 1.62 bits per heavy atom. The fourth-order valence-electron chi connectivity index (χ4n) is 6.36. The van der Waals surface area contributed by atoms with Crippen molar-refractivity contribution in [3.8, 4) is 0 Å². The Balaban J connectivity index is 0.000000154. The highest BCUT2D eigenvalue weighted by atomic mass is 16.4. The first-order valence-corrected chi connectivity index (χ1v) is 15.8. The van der Waals surface area contributed by atoms with Crippen molar-refractivity contribution in [1.82, 2.24) is 16.0 Å². The molecule has 0 radical (unpaired) electrons. The fraction of sp³-hybridized carbons (Fsp3) is 0.417. The van der Waals surface area contributed by atoms with E-state index in [0.717, 1.165) is 58.0 Å². The zero-order valence-corrected chi connectivity index (χ0v) is 25.6. The standard InChI is InChI=1S/3C12H15NO2/c14-12(15)11-7-10(8-13-11)6-9-4-2-1-3-5-9;14-12(15)11-10(6-7-13-11)8-9-4-2-1-3-5-9;14-12(15)11-7-6-10(13-11)8-9-4-2-1-3-5-9/h3*1-5,10-11,13H,6-8H2,(H,14,15). The van der Waals surface area contributed by atoms with Crippen LogP contribution in [0.2, 0.25) is 0 Å². The van der Waals surface area contributed by atoms with Gasteiger partial charge in [0.15, 0.2) is 0 Å². The second kappa shape index (κ2) is 17.4. The van der Waals surface area contributed by atoms with E-state index in [1.54, 1.807) is 0 Å². The molecule has 6 rings (SSSR count). The topological polar surface area (TPSA) is 148 Å². The zero-order valence-electron chi connectivity index (χ0n) is 25.6. The number of aliphatic carboxylic acids is 3. The molecule has 240 valence electrons. The Hall–Kier alpha value is -4.05. The van der Waals surface area contributed by atoms with E-state index in [2.05, 4.69) is 52.3 Å². The van der Waals surface area contributed by atoms with E-state index < -0.39 is 17.9 Å². The van der Waals surface area contributed by atoms with E-state index >= 15 is 0 Å². The summed E-state index contributed by atoms with van der Waals surface area (Å²) in [6.45, 7) is 1.63. The molecule has 3 aromatic rings. The van der Waals surface area contributed by atoms with Crippen LogP contribution in [0.15, 0.2) is 91.0 Å². The molecule has 3 aromatic carbocycles. The van der Waals surface area contributed by atoms with E-state index in [0.29, 0.717) is 12.0 Å². The van der Waals surface area contributed by atoms with Gasteiger partial charge in [0.1, 0.15) is 18.1 Å². The third kappa shape index (κ3) is 11.1. The van der Waals surface area contributed by atoms with Crippen molar-refractivity contribution in [3.63, 3.8) is 0 Å². The van der Waals surface area contributed by atoms with Crippen LogP contribution in [0.1, 0.15) is 42.4 Å². The summed E-state index contributed by atoms with van der Waals surface area (Å²) in [5, 5.41) is 35.9.